The third-order valence-corrected chi connectivity index (χ3v) is 4.16. The lowest BCUT2D eigenvalue weighted by Gasteiger charge is -2.05. The van der Waals surface area contributed by atoms with Crippen LogP contribution in [-0.4, -0.2) is 22.7 Å². The van der Waals surface area contributed by atoms with E-state index in [1.54, 1.807) is 6.92 Å². The number of carbonyl (C=O) groups excluding carboxylic acids is 1. The number of hydrogen-bond donors (Lipinski definition) is 0. The van der Waals surface area contributed by atoms with Gasteiger partial charge in [-0.25, -0.2) is 9.78 Å². The second kappa shape index (κ2) is 7.03. The third kappa shape index (κ3) is 3.25. The molecule has 28 heavy (non-hydrogen) atoms. The van der Waals surface area contributed by atoms with Crippen molar-refractivity contribution >= 4 is 11.7 Å². The normalized spacial score (nSPS) is 12.0. The zero-order valence-corrected chi connectivity index (χ0v) is 14.7. The number of carbonyl (C=O) groups is 1. The van der Waals surface area contributed by atoms with Crippen LogP contribution in [0.1, 0.15) is 21.8 Å². The molecule has 1 aromatic heterocycles. The zero-order valence-electron chi connectivity index (χ0n) is 14.7. The molecule has 9 heteroatoms. The van der Waals surface area contributed by atoms with Crippen molar-refractivity contribution in [3.63, 3.8) is 0 Å². The summed E-state index contributed by atoms with van der Waals surface area (Å²) in [6.45, 7) is 1.45. The van der Waals surface area contributed by atoms with Gasteiger partial charge in [-0.15, -0.1) is 0 Å². The number of ether oxygens (including phenoxy) is 3. The molecule has 2 heterocycles. The molecule has 0 N–H and O–H groups in total. The molecule has 0 bridgehead atoms. The van der Waals surface area contributed by atoms with Gasteiger partial charge in [0.05, 0.1) is 11.0 Å². The highest BCUT2D eigenvalue weighted by molar-refractivity contribution is 5.95. The second-order valence-corrected chi connectivity index (χ2v) is 5.94. The summed E-state index contributed by atoms with van der Waals surface area (Å²) in [6, 6.07) is 11.7. The van der Waals surface area contributed by atoms with Crippen molar-refractivity contribution in [1.82, 2.24) is 4.98 Å². The molecule has 0 unspecified atom stereocenters. The molecule has 4 rings (SSSR count). The van der Waals surface area contributed by atoms with Gasteiger partial charge in [-0.1, -0.05) is 18.2 Å². The van der Waals surface area contributed by atoms with E-state index in [0.29, 0.717) is 17.3 Å². The van der Waals surface area contributed by atoms with Crippen LogP contribution in [0, 0.1) is 17.0 Å². The highest BCUT2D eigenvalue weighted by atomic mass is 16.7. The van der Waals surface area contributed by atoms with Crippen LogP contribution >= 0.6 is 0 Å². The molecular formula is C19H14N2O7. The number of aromatic nitrogens is 1. The summed E-state index contributed by atoms with van der Waals surface area (Å²) < 4.78 is 21.1. The first kappa shape index (κ1) is 17.5. The van der Waals surface area contributed by atoms with Gasteiger partial charge in [0.2, 0.25) is 12.7 Å². The lowest BCUT2D eigenvalue weighted by molar-refractivity contribution is -0.385. The van der Waals surface area contributed by atoms with Crippen LogP contribution in [-0.2, 0) is 11.3 Å². The van der Waals surface area contributed by atoms with Gasteiger partial charge in [0.1, 0.15) is 23.6 Å². The van der Waals surface area contributed by atoms with E-state index in [1.807, 2.05) is 30.3 Å². The maximum Gasteiger partial charge on any atom is 0.345 e. The minimum absolute atomic E-state index is 0.0641. The number of nitro benzene ring substituents is 1. The number of oxazole rings is 1. The van der Waals surface area contributed by atoms with Crippen LogP contribution in [0.4, 0.5) is 5.69 Å². The van der Waals surface area contributed by atoms with E-state index in [2.05, 4.69) is 4.98 Å². The Balaban J connectivity index is 1.54. The Bertz CT molecular complexity index is 1060. The molecule has 0 radical (unpaired) electrons. The molecule has 2 aromatic carbocycles. The number of nitro groups is 1. The predicted molar refractivity (Wildman–Crippen MR) is 95.0 cm³/mol. The molecule has 3 aromatic rings. The van der Waals surface area contributed by atoms with E-state index in [4.69, 9.17) is 18.6 Å². The second-order valence-electron chi connectivity index (χ2n) is 5.94. The fourth-order valence-electron chi connectivity index (χ4n) is 2.72. The number of nitrogens with zero attached hydrogens (tertiary/aromatic N) is 2. The Hall–Kier alpha value is -3.88. The summed E-state index contributed by atoms with van der Waals surface area (Å²) in [5.41, 5.74) is 0.569. The van der Waals surface area contributed by atoms with E-state index in [9.17, 15) is 14.9 Å². The molecule has 0 saturated heterocycles. The van der Waals surface area contributed by atoms with Gasteiger partial charge in [0.25, 0.3) is 5.69 Å². The highest BCUT2D eigenvalue weighted by Gasteiger charge is 2.28. The van der Waals surface area contributed by atoms with E-state index < -0.39 is 16.6 Å². The smallest absolute Gasteiger partial charge is 0.345 e. The largest absolute Gasteiger partial charge is 0.455 e. The molecule has 0 amide bonds. The van der Waals surface area contributed by atoms with Gasteiger partial charge >= 0.3 is 5.97 Å². The van der Waals surface area contributed by atoms with Crippen LogP contribution in [0.3, 0.4) is 0 Å². The van der Waals surface area contributed by atoms with Crippen LogP contribution in [0.25, 0.3) is 11.5 Å². The number of rotatable bonds is 5. The Morgan fingerprint density at radius 3 is 2.64 bits per heavy atom. The van der Waals surface area contributed by atoms with E-state index >= 15 is 0 Å². The Kier molecular flexibility index (Phi) is 4.40. The zero-order chi connectivity index (χ0) is 19.7. The molecule has 142 valence electrons. The monoisotopic (exact) mass is 382 g/mol. The van der Waals surface area contributed by atoms with E-state index in [0.717, 1.165) is 11.6 Å². The number of fused-ring (bicyclic) bond motifs is 1. The summed E-state index contributed by atoms with van der Waals surface area (Å²) >= 11 is 0. The van der Waals surface area contributed by atoms with Gasteiger partial charge in [-0.2, -0.15) is 0 Å². The van der Waals surface area contributed by atoms with Crippen molar-refractivity contribution in [2.24, 2.45) is 0 Å². The predicted octanol–water partition coefficient (Wildman–Crippen LogP) is 3.64. The first-order valence-corrected chi connectivity index (χ1v) is 8.30. The van der Waals surface area contributed by atoms with Gasteiger partial charge in [-0.05, 0) is 19.1 Å². The highest BCUT2D eigenvalue weighted by Crippen LogP contribution is 2.38. The van der Waals surface area contributed by atoms with Crippen molar-refractivity contribution < 1.29 is 28.3 Å². The molecule has 0 aliphatic carbocycles. The molecule has 0 fully saturated rings. The van der Waals surface area contributed by atoms with Gasteiger partial charge < -0.3 is 18.6 Å². The minimum atomic E-state index is -0.867. The minimum Gasteiger partial charge on any atom is -0.455 e. The van der Waals surface area contributed by atoms with Gasteiger partial charge in [0.15, 0.2) is 11.5 Å². The summed E-state index contributed by atoms with van der Waals surface area (Å²) in [5, 5.41) is 11.3. The molecular weight excluding hydrogens is 368 g/mol. The quantitative estimate of drug-likeness (QED) is 0.373. The number of aryl methyl sites for hydroxylation is 1. The molecule has 0 atom stereocenters. The lowest BCUT2D eigenvalue weighted by Crippen LogP contribution is -2.09. The average Bonchev–Trinajstić information content (AvgIpc) is 3.31. The SMILES string of the molecule is Cc1oc(-c2ccccc2)nc1COC(=O)c1cc2c(cc1[N+](=O)[O-])OCO2. The Morgan fingerprint density at radius 1 is 1.21 bits per heavy atom. The number of esters is 1. The summed E-state index contributed by atoms with van der Waals surface area (Å²) in [4.78, 5) is 27.4. The molecule has 1 aliphatic rings. The van der Waals surface area contributed by atoms with Crippen molar-refractivity contribution in [2.75, 3.05) is 6.79 Å². The maximum absolute atomic E-state index is 12.4. The van der Waals surface area contributed by atoms with Crippen molar-refractivity contribution in [2.45, 2.75) is 13.5 Å². The standard InChI is InChI=1S/C19H14N2O7/c1-11-14(20-18(28-11)12-5-3-2-4-6-12)9-25-19(22)13-7-16-17(27-10-26-16)8-15(13)21(23)24/h2-8H,9-10H2,1H3. The molecule has 0 spiro atoms. The first-order chi connectivity index (χ1) is 13.5. The topological polar surface area (TPSA) is 114 Å². The third-order valence-electron chi connectivity index (χ3n) is 4.16. The fraction of sp³-hybridized carbons (Fsp3) is 0.158. The summed E-state index contributed by atoms with van der Waals surface area (Å²) in [5.74, 6) is 0.489. The Labute approximate surface area is 158 Å². The van der Waals surface area contributed by atoms with Crippen LogP contribution in [0.15, 0.2) is 46.9 Å². The average molecular weight is 382 g/mol. The number of benzene rings is 2. The summed E-state index contributed by atoms with van der Waals surface area (Å²) in [6.07, 6.45) is 0. The van der Waals surface area contributed by atoms with Crippen LogP contribution in [0.5, 0.6) is 11.5 Å². The van der Waals surface area contributed by atoms with E-state index in [-0.39, 0.29) is 30.5 Å². The van der Waals surface area contributed by atoms with E-state index in [1.165, 1.54) is 6.07 Å². The maximum atomic E-state index is 12.4. The van der Waals surface area contributed by atoms with Crippen molar-refractivity contribution in [3.8, 4) is 23.0 Å². The Morgan fingerprint density at radius 2 is 1.93 bits per heavy atom. The fourth-order valence-corrected chi connectivity index (χ4v) is 2.72. The van der Waals surface area contributed by atoms with Crippen LogP contribution in [0.2, 0.25) is 0 Å². The molecule has 9 nitrogen and oxygen atoms in total. The molecule has 1 aliphatic heterocycles. The lowest BCUT2D eigenvalue weighted by atomic mass is 10.1. The summed E-state index contributed by atoms with van der Waals surface area (Å²) in [7, 11) is 0. The van der Waals surface area contributed by atoms with Crippen molar-refractivity contribution in [1.29, 1.82) is 0 Å². The van der Waals surface area contributed by atoms with Gasteiger partial charge in [-0.3, -0.25) is 10.1 Å². The number of hydrogen-bond acceptors (Lipinski definition) is 8. The van der Waals surface area contributed by atoms with Gasteiger partial charge in [0, 0.05) is 11.6 Å². The van der Waals surface area contributed by atoms with Crippen LogP contribution < -0.4 is 9.47 Å². The first-order valence-electron chi connectivity index (χ1n) is 8.30. The molecule has 0 saturated carbocycles. The van der Waals surface area contributed by atoms with Crippen molar-refractivity contribution in [3.05, 3.63) is 69.6 Å².